The Bertz CT molecular complexity index is 1260. The molecule has 0 bridgehead atoms. The highest BCUT2D eigenvalue weighted by atomic mass is 32.2. The molecule has 154 valence electrons. The lowest BCUT2D eigenvalue weighted by Gasteiger charge is -2.24. The van der Waals surface area contributed by atoms with E-state index in [1.165, 1.54) is 12.1 Å². The molecule has 0 spiro atoms. The summed E-state index contributed by atoms with van der Waals surface area (Å²) in [5, 5.41) is 10.4. The topological polar surface area (TPSA) is 91.8 Å². The monoisotopic (exact) mass is 441 g/mol. The lowest BCUT2D eigenvalue weighted by molar-refractivity contribution is 0.165. The summed E-state index contributed by atoms with van der Waals surface area (Å²) in [5.41, 5.74) is 1.93. The Labute approximate surface area is 177 Å². The first-order valence-corrected chi connectivity index (χ1v) is 11.9. The molecule has 1 aliphatic rings. The number of fused-ring (bicyclic) bond motifs is 2. The molecule has 4 aromatic rings. The average Bonchev–Trinajstić information content (AvgIpc) is 3.33. The van der Waals surface area contributed by atoms with Crippen LogP contribution in [0.15, 0.2) is 74.7 Å². The van der Waals surface area contributed by atoms with Gasteiger partial charge in [-0.3, -0.25) is 0 Å². The SMILES string of the molecule is NS(=O)(=O)c1ccc2c(c1)OCCC([C@@H](c1ccsc1)c1cc3ccccc3o1)O2. The van der Waals surface area contributed by atoms with Crippen LogP contribution in [0.2, 0.25) is 0 Å². The van der Waals surface area contributed by atoms with Gasteiger partial charge in [-0.25, -0.2) is 13.6 Å². The number of hydrogen-bond donors (Lipinski definition) is 1. The summed E-state index contributed by atoms with van der Waals surface area (Å²) in [4.78, 5) is -0.00466. The molecule has 6 nitrogen and oxygen atoms in total. The van der Waals surface area contributed by atoms with Gasteiger partial charge in [-0.15, -0.1) is 0 Å². The molecule has 0 saturated carbocycles. The van der Waals surface area contributed by atoms with Crippen molar-refractivity contribution in [3.8, 4) is 11.5 Å². The van der Waals surface area contributed by atoms with E-state index >= 15 is 0 Å². The summed E-state index contributed by atoms with van der Waals surface area (Å²) in [7, 11) is -3.82. The minimum absolute atomic E-state index is 0.00466. The van der Waals surface area contributed by atoms with Gasteiger partial charge in [0.2, 0.25) is 10.0 Å². The van der Waals surface area contributed by atoms with E-state index in [0.29, 0.717) is 24.5 Å². The molecule has 2 aromatic heterocycles. The molecule has 3 heterocycles. The van der Waals surface area contributed by atoms with Gasteiger partial charge in [-0.05, 0) is 46.7 Å². The first kappa shape index (κ1) is 19.2. The van der Waals surface area contributed by atoms with Crippen molar-refractivity contribution in [2.45, 2.75) is 23.3 Å². The van der Waals surface area contributed by atoms with E-state index in [9.17, 15) is 8.42 Å². The first-order valence-electron chi connectivity index (χ1n) is 9.46. The van der Waals surface area contributed by atoms with Gasteiger partial charge in [0.15, 0.2) is 11.5 Å². The van der Waals surface area contributed by atoms with Crippen molar-refractivity contribution >= 4 is 32.3 Å². The van der Waals surface area contributed by atoms with Crippen molar-refractivity contribution in [3.63, 3.8) is 0 Å². The Morgan fingerprint density at radius 3 is 2.70 bits per heavy atom. The van der Waals surface area contributed by atoms with E-state index in [1.54, 1.807) is 17.4 Å². The van der Waals surface area contributed by atoms with E-state index in [1.807, 2.05) is 29.6 Å². The minimum atomic E-state index is -3.82. The predicted molar refractivity (Wildman–Crippen MR) is 115 cm³/mol. The first-order chi connectivity index (χ1) is 14.5. The van der Waals surface area contributed by atoms with Crippen molar-refractivity contribution in [2.24, 2.45) is 5.14 Å². The lowest BCUT2D eigenvalue weighted by atomic mass is 9.91. The van der Waals surface area contributed by atoms with Crippen LogP contribution in [0.4, 0.5) is 0 Å². The Morgan fingerprint density at radius 2 is 1.93 bits per heavy atom. The zero-order valence-corrected chi connectivity index (χ0v) is 17.5. The number of ether oxygens (including phenoxy) is 2. The van der Waals surface area contributed by atoms with Gasteiger partial charge in [0, 0.05) is 17.9 Å². The highest BCUT2D eigenvalue weighted by Crippen LogP contribution is 2.40. The number of hydrogen-bond acceptors (Lipinski definition) is 6. The van der Waals surface area contributed by atoms with Crippen LogP contribution >= 0.6 is 11.3 Å². The molecule has 30 heavy (non-hydrogen) atoms. The maximum absolute atomic E-state index is 11.7. The lowest BCUT2D eigenvalue weighted by Crippen LogP contribution is -2.26. The second kappa shape index (κ2) is 7.46. The van der Waals surface area contributed by atoms with Gasteiger partial charge in [0.25, 0.3) is 0 Å². The number of furan rings is 1. The number of benzene rings is 2. The van der Waals surface area contributed by atoms with Gasteiger partial charge in [0.1, 0.15) is 17.4 Å². The molecule has 2 atom stereocenters. The summed E-state index contributed by atoms with van der Waals surface area (Å²) in [6.45, 7) is 0.382. The van der Waals surface area contributed by atoms with Crippen LogP contribution in [0.25, 0.3) is 11.0 Å². The Kier molecular flexibility index (Phi) is 4.77. The van der Waals surface area contributed by atoms with Gasteiger partial charge >= 0.3 is 0 Å². The van der Waals surface area contributed by atoms with E-state index in [4.69, 9.17) is 19.0 Å². The van der Waals surface area contributed by atoms with Crippen LogP contribution < -0.4 is 14.6 Å². The van der Waals surface area contributed by atoms with Crippen LogP contribution in [0.3, 0.4) is 0 Å². The molecule has 5 rings (SSSR count). The van der Waals surface area contributed by atoms with Crippen LogP contribution in [0, 0.1) is 0 Å². The molecule has 0 amide bonds. The molecule has 2 N–H and O–H groups in total. The highest BCUT2D eigenvalue weighted by molar-refractivity contribution is 7.89. The van der Waals surface area contributed by atoms with Crippen molar-refractivity contribution < 1.29 is 22.3 Å². The number of rotatable bonds is 4. The second-order valence-electron chi connectivity index (χ2n) is 7.17. The van der Waals surface area contributed by atoms with Crippen molar-refractivity contribution in [2.75, 3.05) is 6.61 Å². The summed E-state index contributed by atoms with van der Waals surface area (Å²) >= 11 is 1.62. The standard InChI is InChI=1S/C22H19NO5S2/c23-30(24,25)16-5-6-18-20(12-16)26-9-7-19(28-18)22(15-8-10-29-13-15)21-11-14-3-1-2-4-17(14)27-21/h1-6,8,10-13,19,22H,7,9H2,(H2,23,24,25)/t19?,22-/m1/s1. The maximum atomic E-state index is 11.7. The summed E-state index contributed by atoms with van der Waals surface area (Å²) < 4.78 is 41.7. The molecule has 1 unspecified atom stereocenters. The maximum Gasteiger partial charge on any atom is 0.238 e. The van der Waals surface area contributed by atoms with Crippen LogP contribution in [0.5, 0.6) is 11.5 Å². The third-order valence-electron chi connectivity index (χ3n) is 5.21. The molecule has 0 fully saturated rings. The predicted octanol–water partition coefficient (Wildman–Crippen LogP) is 4.50. The summed E-state index contributed by atoms with van der Waals surface area (Å²) in [6, 6.07) is 16.5. The fourth-order valence-corrected chi connectivity index (χ4v) is 5.01. The smallest absolute Gasteiger partial charge is 0.238 e. The molecular weight excluding hydrogens is 422 g/mol. The number of thiophene rings is 1. The largest absolute Gasteiger partial charge is 0.490 e. The van der Waals surface area contributed by atoms with Crippen molar-refractivity contribution in [1.82, 2.24) is 0 Å². The second-order valence-corrected chi connectivity index (χ2v) is 9.51. The van der Waals surface area contributed by atoms with E-state index in [-0.39, 0.29) is 16.9 Å². The molecule has 2 aromatic carbocycles. The Balaban J connectivity index is 1.55. The third kappa shape index (κ3) is 3.58. The Morgan fingerprint density at radius 1 is 1.07 bits per heavy atom. The Hall–Kier alpha value is -2.81. The van der Waals surface area contributed by atoms with Crippen molar-refractivity contribution in [3.05, 3.63) is 76.7 Å². The third-order valence-corrected chi connectivity index (χ3v) is 6.82. The highest BCUT2D eigenvalue weighted by Gasteiger charge is 2.33. The van der Waals surface area contributed by atoms with Gasteiger partial charge in [-0.2, -0.15) is 11.3 Å². The quantitative estimate of drug-likeness (QED) is 0.503. The molecule has 1 aliphatic heterocycles. The molecule has 0 saturated heterocycles. The minimum Gasteiger partial charge on any atom is -0.490 e. The van der Waals surface area contributed by atoms with Crippen molar-refractivity contribution in [1.29, 1.82) is 0 Å². The normalized spacial score (nSPS) is 17.6. The number of para-hydroxylation sites is 1. The summed E-state index contributed by atoms with van der Waals surface area (Å²) in [5.74, 6) is 1.55. The number of sulfonamides is 1. The number of nitrogens with two attached hydrogens (primary N) is 1. The van der Waals surface area contributed by atoms with Crippen LogP contribution in [0.1, 0.15) is 23.7 Å². The molecule has 8 heteroatoms. The van der Waals surface area contributed by atoms with Gasteiger partial charge in [0.05, 0.1) is 17.4 Å². The summed E-state index contributed by atoms with van der Waals surface area (Å²) in [6.07, 6.45) is 0.360. The average molecular weight is 442 g/mol. The van der Waals surface area contributed by atoms with Crippen LogP contribution in [-0.2, 0) is 10.0 Å². The fourth-order valence-electron chi connectivity index (χ4n) is 3.79. The van der Waals surface area contributed by atoms with Gasteiger partial charge in [-0.1, -0.05) is 18.2 Å². The zero-order chi connectivity index (χ0) is 20.7. The van der Waals surface area contributed by atoms with Crippen LogP contribution in [-0.4, -0.2) is 21.1 Å². The zero-order valence-electron chi connectivity index (χ0n) is 15.9. The van der Waals surface area contributed by atoms with E-state index < -0.39 is 10.0 Å². The molecule has 0 radical (unpaired) electrons. The molecular formula is C22H19NO5S2. The van der Waals surface area contributed by atoms with Gasteiger partial charge < -0.3 is 13.9 Å². The van der Waals surface area contributed by atoms with E-state index in [0.717, 1.165) is 22.3 Å². The molecule has 0 aliphatic carbocycles. The number of primary sulfonamides is 1. The van der Waals surface area contributed by atoms with E-state index in [2.05, 4.69) is 17.5 Å². The fraction of sp³-hybridized carbons (Fsp3) is 0.182.